The number of carbonyl (C=O) groups excluding carboxylic acids is 1. The van der Waals surface area contributed by atoms with Gasteiger partial charge in [-0.25, -0.2) is 8.42 Å². The molecule has 2 atom stereocenters. The van der Waals surface area contributed by atoms with Crippen LogP contribution < -0.4 is 10.6 Å². The number of rotatable bonds is 9. The Labute approximate surface area is 226 Å². The molecule has 0 aliphatic heterocycles. The van der Waals surface area contributed by atoms with Crippen LogP contribution in [0.4, 0.5) is 0 Å². The van der Waals surface area contributed by atoms with Gasteiger partial charge in [0.1, 0.15) is 0 Å². The molecule has 2 N–H and O–H groups in total. The summed E-state index contributed by atoms with van der Waals surface area (Å²) in [5, 5.41) is 8.83. The van der Waals surface area contributed by atoms with E-state index in [2.05, 4.69) is 40.3 Å². The number of hydrogen-bond donors (Lipinski definition) is 2. The average molecular weight is 551 g/mol. The molecule has 0 unspecified atom stereocenters. The number of hydrogen-bond acceptors (Lipinski definition) is 6. The molecule has 0 radical (unpaired) electrons. The summed E-state index contributed by atoms with van der Waals surface area (Å²) in [6.07, 6.45) is 4.16. The van der Waals surface area contributed by atoms with E-state index in [1.165, 1.54) is 16.0 Å². The lowest BCUT2D eigenvalue weighted by Crippen LogP contribution is -2.41. The highest BCUT2D eigenvalue weighted by Gasteiger charge is 2.32. The van der Waals surface area contributed by atoms with Gasteiger partial charge >= 0.3 is 0 Å². The smallest absolute Gasteiger partial charge is 0.224 e. The van der Waals surface area contributed by atoms with Crippen LogP contribution in [0.25, 0.3) is 20.9 Å². The molecule has 2 aromatic heterocycles. The lowest BCUT2D eigenvalue weighted by molar-refractivity contribution is -0.125. The zero-order valence-corrected chi connectivity index (χ0v) is 23.1. The number of thiophene rings is 2. The summed E-state index contributed by atoms with van der Waals surface area (Å²) < 4.78 is 24.3. The van der Waals surface area contributed by atoms with Crippen molar-refractivity contribution >= 4 is 38.4 Å². The molecule has 37 heavy (non-hydrogen) atoms. The van der Waals surface area contributed by atoms with E-state index in [0.29, 0.717) is 23.5 Å². The van der Waals surface area contributed by atoms with Crippen molar-refractivity contribution in [1.82, 2.24) is 10.6 Å². The van der Waals surface area contributed by atoms with Gasteiger partial charge in [0.25, 0.3) is 0 Å². The fraction of sp³-hybridized carbons (Fsp3) is 0.276. The Kier molecular flexibility index (Phi) is 7.90. The van der Waals surface area contributed by atoms with Gasteiger partial charge in [-0.1, -0.05) is 55.0 Å². The fourth-order valence-corrected chi connectivity index (χ4v) is 7.62. The lowest BCUT2D eigenvalue weighted by Gasteiger charge is -2.20. The van der Waals surface area contributed by atoms with Crippen molar-refractivity contribution in [2.24, 2.45) is 5.92 Å². The molecular weight excluding hydrogens is 521 g/mol. The molecule has 1 fully saturated rings. The maximum Gasteiger partial charge on any atom is 0.224 e. The Balaban J connectivity index is 1.16. The van der Waals surface area contributed by atoms with Crippen LogP contribution in [-0.4, -0.2) is 26.6 Å². The van der Waals surface area contributed by atoms with Crippen LogP contribution >= 0.6 is 22.7 Å². The molecule has 0 bridgehead atoms. The predicted octanol–water partition coefficient (Wildman–Crippen LogP) is 6.12. The van der Waals surface area contributed by atoms with E-state index in [4.69, 9.17) is 0 Å². The molecule has 2 heterocycles. The van der Waals surface area contributed by atoms with Gasteiger partial charge in [-0.2, -0.15) is 0 Å². The molecule has 1 saturated carbocycles. The third-order valence-corrected chi connectivity index (χ3v) is 10.1. The standard InChI is InChI=1S/C29H30N2O3S3/c1-37(33,34)28-10-3-2-6-23(28)21-13-11-20(12-14-21)18-30-25-8-4-7-24(25)29(32)31-19-22-15-16-27(36-22)26-9-5-17-35-26/h2-3,5-6,9-17,24-25,30H,4,7-8,18-19H2,1H3,(H,31,32)/t24-,25-/m0/s1. The highest BCUT2D eigenvalue weighted by atomic mass is 32.2. The van der Waals surface area contributed by atoms with Crippen LogP contribution in [0.1, 0.15) is 29.7 Å². The molecule has 0 spiro atoms. The molecule has 1 aliphatic carbocycles. The molecule has 1 amide bonds. The number of amides is 1. The monoisotopic (exact) mass is 550 g/mol. The summed E-state index contributed by atoms with van der Waals surface area (Å²) >= 11 is 3.46. The molecule has 192 valence electrons. The maximum absolute atomic E-state index is 13.0. The van der Waals surface area contributed by atoms with Crippen LogP contribution in [0.2, 0.25) is 0 Å². The third kappa shape index (κ3) is 6.21. The summed E-state index contributed by atoms with van der Waals surface area (Å²) in [4.78, 5) is 17.0. The summed E-state index contributed by atoms with van der Waals surface area (Å²) in [6.45, 7) is 1.23. The van der Waals surface area contributed by atoms with E-state index >= 15 is 0 Å². The maximum atomic E-state index is 13.0. The van der Waals surface area contributed by atoms with Crippen LogP contribution in [0.3, 0.4) is 0 Å². The first-order valence-electron chi connectivity index (χ1n) is 12.4. The predicted molar refractivity (Wildman–Crippen MR) is 152 cm³/mol. The van der Waals surface area contributed by atoms with E-state index in [9.17, 15) is 13.2 Å². The van der Waals surface area contributed by atoms with Crippen molar-refractivity contribution in [2.75, 3.05) is 6.26 Å². The van der Waals surface area contributed by atoms with Gasteiger partial charge in [-0.05, 0) is 53.6 Å². The summed E-state index contributed by atoms with van der Waals surface area (Å²) in [5.74, 6) is 0.0893. The fourth-order valence-electron chi connectivity index (χ4n) is 4.93. The van der Waals surface area contributed by atoms with Gasteiger partial charge in [0, 0.05) is 39.0 Å². The van der Waals surface area contributed by atoms with Crippen molar-refractivity contribution in [3.05, 3.63) is 88.6 Å². The molecule has 2 aromatic carbocycles. The second-order valence-corrected chi connectivity index (χ2v) is 13.6. The lowest BCUT2D eigenvalue weighted by atomic mass is 10.0. The van der Waals surface area contributed by atoms with E-state index < -0.39 is 9.84 Å². The van der Waals surface area contributed by atoms with Gasteiger partial charge in [0.05, 0.1) is 17.4 Å². The van der Waals surface area contributed by atoms with Gasteiger partial charge < -0.3 is 10.6 Å². The van der Waals surface area contributed by atoms with Crippen molar-refractivity contribution in [2.45, 2.75) is 43.3 Å². The van der Waals surface area contributed by atoms with E-state index in [0.717, 1.165) is 35.3 Å². The van der Waals surface area contributed by atoms with Crippen molar-refractivity contribution in [3.8, 4) is 20.9 Å². The van der Waals surface area contributed by atoms with Crippen LogP contribution in [0, 0.1) is 5.92 Å². The molecule has 4 aromatic rings. The van der Waals surface area contributed by atoms with Crippen molar-refractivity contribution in [1.29, 1.82) is 0 Å². The Morgan fingerprint density at radius 3 is 2.49 bits per heavy atom. The molecule has 5 nitrogen and oxygen atoms in total. The Hall–Kier alpha value is -2.78. The van der Waals surface area contributed by atoms with Gasteiger partial charge in [-0.15, -0.1) is 22.7 Å². The molecule has 1 aliphatic rings. The number of carbonyl (C=O) groups is 1. The van der Waals surface area contributed by atoms with Gasteiger partial charge in [-0.3, -0.25) is 4.79 Å². The quantitative estimate of drug-likeness (QED) is 0.263. The summed E-state index contributed by atoms with van der Waals surface area (Å²) in [5.41, 5.74) is 2.69. The van der Waals surface area contributed by atoms with E-state index in [1.807, 2.05) is 36.4 Å². The first-order valence-corrected chi connectivity index (χ1v) is 16.0. The van der Waals surface area contributed by atoms with E-state index in [1.54, 1.807) is 34.8 Å². The topological polar surface area (TPSA) is 75.3 Å². The normalized spacial score (nSPS) is 17.6. The van der Waals surface area contributed by atoms with Crippen LogP contribution in [0.15, 0.2) is 83.1 Å². The van der Waals surface area contributed by atoms with Crippen LogP contribution in [-0.2, 0) is 27.7 Å². The first-order chi connectivity index (χ1) is 17.9. The molecule has 0 saturated heterocycles. The van der Waals surface area contributed by atoms with E-state index in [-0.39, 0.29) is 17.9 Å². The Morgan fingerprint density at radius 2 is 1.73 bits per heavy atom. The largest absolute Gasteiger partial charge is 0.351 e. The third-order valence-electron chi connectivity index (χ3n) is 6.84. The number of nitrogens with one attached hydrogen (secondary N) is 2. The molecular formula is C29H30N2O3S3. The Bertz CT molecular complexity index is 1460. The van der Waals surface area contributed by atoms with Crippen molar-refractivity contribution in [3.63, 3.8) is 0 Å². The highest BCUT2D eigenvalue weighted by molar-refractivity contribution is 7.90. The zero-order chi connectivity index (χ0) is 25.8. The van der Waals surface area contributed by atoms with Crippen LogP contribution in [0.5, 0.6) is 0 Å². The highest BCUT2D eigenvalue weighted by Crippen LogP contribution is 2.32. The number of benzene rings is 2. The SMILES string of the molecule is CS(=O)(=O)c1ccccc1-c1ccc(CN[C@H]2CCC[C@@H]2C(=O)NCc2ccc(-c3cccs3)s2)cc1. The average Bonchev–Trinajstić information content (AvgIpc) is 3.67. The summed E-state index contributed by atoms with van der Waals surface area (Å²) in [6, 6.07) is 23.6. The number of sulfone groups is 1. The second kappa shape index (κ2) is 11.3. The minimum atomic E-state index is -3.31. The molecule has 5 rings (SSSR count). The van der Waals surface area contributed by atoms with Gasteiger partial charge in [0.2, 0.25) is 5.91 Å². The molecule has 8 heteroatoms. The van der Waals surface area contributed by atoms with Gasteiger partial charge in [0.15, 0.2) is 9.84 Å². The summed E-state index contributed by atoms with van der Waals surface area (Å²) in [7, 11) is -3.31. The Morgan fingerprint density at radius 1 is 0.919 bits per heavy atom. The minimum absolute atomic E-state index is 0.0300. The second-order valence-electron chi connectivity index (χ2n) is 9.45. The minimum Gasteiger partial charge on any atom is -0.351 e. The first kappa shape index (κ1) is 25.9. The zero-order valence-electron chi connectivity index (χ0n) is 20.6. The van der Waals surface area contributed by atoms with Crippen molar-refractivity contribution < 1.29 is 13.2 Å².